The molecule has 0 saturated carbocycles. The number of benzene rings is 3. The highest BCUT2D eigenvalue weighted by Crippen LogP contribution is 2.34. The summed E-state index contributed by atoms with van der Waals surface area (Å²) >= 11 is 0. The molecule has 2 amide bonds. The lowest BCUT2D eigenvalue weighted by Crippen LogP contribution is -2.53. The molecule has 3 rings (SSSR count). The van der Waals surface area contributed by atoms with Gasteiger partial charge in [-0.15, -0.1) is 0 Å². The number of rotatable bonds is 14. The van der Waals surface area contributed by atoms with Crippen molar-refractivity contribution in [1.82, 2.24) is 10.2 Å². The number of hydrogen-bond acceptors (Lipinski definition) is 6. The molecule has 0 bridgehead atoms. The fourth-order valence-electron chi connectivity index (χ4n) is 4.37. The first-order valence-electron chi connectivity index (χ1n) is 13.5. The number of carbonyl (C=O) groups is 2. The second-order valence-corrected chi connectivity index (χ2v) is 12.2. The molecule has 0 aliphatic rings. The molecular formula is C31H38FN3O6S. The molecule has 0 aliphatic heterocycles. The Morgan fingerprint density at radius 1 is 0.952 bits per heavy atom. The first-order chi connectivity index (χ1) is 19.9. The van der Waals surface area contributed by atoms with Crippen LogP contribution in [0.25, 0.3) is 0 Å². The van der Waals surface area contributed by atoms with E-state index < -0.39 is 40.2 Å². The van der Waals surface area contributed by atoms with Crippen LogP contribution in [0.15, 0.2) is 72.8 Å². The molecule has 9 nitrogen and oxygen atoms in total. The summed E-state index contributed by atoms with van der Waals surface area (Å²) in [7, 11) is -1.18. The van der Waals surface area contributed by atoms with E-state index in [-0.39, 0.29) is 35.9 Å². The number of amides is 2. The highest BCUT2D eigenvalue weighted by molar-refractivity contribution is 7.92. The number of halogens is 1. The van der Waals surface area contributed by atoms with E-state index in [1.165, 1.54) is 49.5 Å². The number of sulfonamides is 1. The first kappa shape index (κ1) is 32.4. The molecule has 3 aromatic carbocycles. The van der Waals surface area contributed by atoms with Gasteiger partial charge in [0.1, 0.15) is 29.9 Å². The standard InChI is InChI=1S/C31H38FN3O6S/c1-22(2)19-33-31(37)28(17-23-11-7-6-8-12-23)34(20-24-13-9-10-14-26(24)32)30(36)21-35(42(5,38)39)27-16-15-25(40-3)18-29(27)41-4/h6-16,18,22,28H,17,19-21H2,1-5H3,(H,33,37)/t28-/m1/s1. The van der Waals surface area contributed by atoms with E-state index in [4.69, 9.17) is 9.47 Å². The molecule has 0 unspecified atom stereocenters. The maximum atomic E-state index is 14.9. The van der Waals surface area contributed by atoms with Gasteiger partial charge < -0.3 is 19.7 Å². The lowest BCUT2D eigenvalue weighted by atomic mass is 10.0. The van der Waals surface area contributed by atoms with E-state index in [9.17, 15) is 22.4 Å². The van der Waals surface area contributed by atoms with Gasteiger partial charge in [-0.1, -0.05) is 62.4 Å². The van der Waals surface area contributed by atoms with Gasteiger partial charge in [0.2, 0.25) is 21.8 Å². The van der Waals surface area contributed by atoms with Crippen molar-refractivity contribution in [3.8, 4) is 11.5 Å². The number of hydrogen-bond donors (Lipinski definition) is 1. The largest absolute Gasteiger partial charge is 0.497 e. The van der Waals surface area contributed by atoms with Crippen LogP contribution in [0.5, 0.6) is 11.5 Å². The molecule has 0 spiro atoms. The van der Waals surface area contributed by atoms with Crippen molar-refractivity contribution in [1.29, 1.82) is 0 Å². The minimum Gasteiger partial charge on any atom is -0.497 e. The average molecular weight is 600 g/mol. The number of nitrogens with one attached hydrogen (secondary N) is 1. The van der Waals surface area contributed by atoms with Gasteiger partial charge in [-0.3, -0.25) is 13.9 Å². The zero-order valence-corrected chi connectivity index (χ0v) is 25.4. The Morgan fingerprint density at radius 3 is 2.21 bits per heavy atom. The third-order valence-electron chi connectivity index (χ3n) is 6.59. The molecule has 0 heterocycles. The van der Waals surface area contributed by atoms with Crippen LogP contribution in [-0.4, -0.2) is 64.7 Å². The zero-order valence-electron chi connectivity index (χ0n) is 24.5. The summed E-state index contributed by atoms with van der Waals surface area (Å²) < 4.78 is 52.5. The van der Waals surface area contributed by atoms with E-state index in [2.05, 4.69) is 5.32 Å². The second kappa shape index (κ2) is 14.7. The van der Waals surface area contributed by atoms with Gasteiger partial charge in [0.25, 0.3) is 0 Å². The van der Waals surface area contributed by atoms with Crippen molar-refractivity contribution in [2.75, 3.05) is 37.9 Å². The summed E-state index contributed by atoms with van der Waals surface area (Å²) in [5.41, 5.74) is 1.09. The summed E-state index contributed by atoms with van der Waals surface area (Å²) in [5.74, 6) is -0.921. The van der Waals surface area contributed by atoms with Crippen LogP contribution in [0.4, 0.5) is 10.1 Å². The Kier molecular flexibility index (Phi) is 11.3. The second-order valence-electron chi connectivity index (χ2n) is 10.3. The fourth-order valence-corrected chi connectivity index (χ4v) is 5.23. The maximum absolute atomic E-state index is 14.9. The lowest BCUT2D eigenvalue weighted by molar-refractivity contribution is -0.140. The molecule has 0 aromatic heterocycles. The lowest BCUT2D eigenvalue weighted by Gasteiger charge is -2.34. The quantitative estimate of drug-likeness (QED) is 0.300. The molecule has 0 saturated heterocycles. The van der Waals surface area contributed by atoms with Crippen LogP contribution in [0, 0.1) is 11.7 Å². The molecule has 0 fully saturated rings. The molecule has 0 aliphatic carbocycles. The molecule has 1 N–H and O–H groups in total. The smallest absolute Gasteiger partial charge is 0.244 e. The summed E-state index contributed by atoms with van der Waals surface area (Å²) in [5, 5.41) is 2.89. The van der Waals surface area contributed by atoms with E-state index in [0.717, 1.165) is 16.1 Å². The maximum Gasteiger partial charge on any atom is 0.244 e. The highest BCUT2D eigenvalue weighted by atomic mass is 32.2. The first-order valence-corrected chi connectivity index (χ1v) is 15.3. The van der Waals surface area contributed by atoms with E-state index in [1.807, 2.05) is 44.2 Å². The van der Waals surface area contributed by atoms with Gasteiger partial charge in [-0.2, -0.15) is 0 Å². The van der Waals surface area contributed by atoms with Crippen LogP contribution in [-0.2, 0) is 32.6 Å². The summed E-state index contributed by atoms with van der Waals surface area (Å²) in [4.78, 5) is 29.0. The molecule has 0 radical (unpaired) electrons. The van der Waals surface area contributed by atoms with Crippen molar-refractivity contribution < 1.29 is 31.9 Å². The Bertz CT molecular complexity index is 1470. The summed E-state index contributed by atoms with van der Waals surface area (Å²) in [6.45, 7) is 3.35. The normalized spacial score (nSPS) is 12.0. The molecule has 11 heteroatoms. The Morgan fingerprint density at radius 2 is 1.62 bits per heavy atom. The Labute approximate surface area is 247 Å². The summed E-state index contributed by atoms with van der Waals surface area (Å²) in [6, 6.07) is 18.6. The molecular weight excluding hydrogens is 561 g/mol. The van der Waals surface area contributed by atoms with Gasteiger partial charge in [0.05, 0.1) is 26.2 Å². The van der Waals surface area contributed by atoms with Crippen molar-refractivity contribution in [2.24, 2.45) is 5.92 Å². The van der Waals surface area contributed by atoms with E-state index in [1.54, 1.807) is 12.1 Å². The molecule has 3 aromatic rings. The molecule has 226 valence electrons. The van der Waals surface area contributed by atoms with Crippen LogP contribution < -0.4 is 19.1 Å². The number of ether oxygens (including phenoxy) is 2. The summed E-state index contributed by atoms with van der Waals surface area (Å²) in [6.07, 6.45) is 1.11. The van der Waals surface area contributed by atoms with Crippen LogP contribution >= 0.6 is 0 Å². The molecule has 1 atom stereocenters. The zero-order chi connectivity index (χ0) is 30.9. The van der Waals surface area contributed by atoms with Gasteiger partial charge >= 0.3 is 0 Å². The van der Waals surface area contributed by atoms with Gasteiger partial charge in [-0.05, 0) is 29.7 Å². The SMILES string of the molecule is COc1ccc(N(CC(=O)N(Cc2ccccc2F)[C@H](Cc2ccccc2)C(=O)NCC(C)C)S(C)(=O)=O)c(OC)c1. The monoisotopic (exact) mass is 599 g/mol. The van der Waals surface area contributed by atoms with Crippen molar-refractivity contribution >= 4 is 27.5 Å². The van der Waals surface area contributed by atoms with Gasteiger partial charge in [0.15, 0.2) is 0 Å². The Hall–Kier alpha value is -4.12. The van der Waals surface area contributed by atoms with Crippen LogP contribution in [0.2, 0.25) is 0 Å². The topological polar surface area (TPSA) is 105 Å². The fraction of sp³-hybridized carbons (Fsp3) is 0.355. The number of nitrogens with zero attached hydrogens (tertiary/aromatic N) is 2. The number of carbonyl (C=O) groups excluding carboxylic acids is 2. The highest BCUT2D eigenvalue weighted by Gasteiger charge is 2.34. The van der Waals surface area contributed by atoms with Crippen LogP contribution in [0.3, 0.4) is 0 Å². The third kappa shape index (κ3) is 8.69. The third-order valence-corrected chi connectivity index (χ3v) is 7.72. The van der Waals surface area contributed by atoms with Crippen molar-refractivity contribution in [2.45, 2.75) is 32.9 Å². The Balaban J connectivity index is 2.10. The minimum atomic E-state index is -4.02. The van der Waals surface area contributed by atoms with Gasteiger partial charge in [-0.25, -0.2) is 12.8 Å². The predicted molar refractivity (Wildman–Crippen MR) is 160 cm³/mol. The number of anilines is 1. The molecule has 42 heavy (non-hydrogen) atoms. The van der Waals surface area contributed by atoms with E-state index in [0.29, 0.717) is 12.3 Å². The number of methoxy groups -OCH3 is 2. The van der Waals surface area contributed by atoms with Crippen molar-refractivity contribution in [3.63, 3.8) is 0 Å². The average Bonchev–Trinajstić information content (AvgIpc) is 2.96. The van der Waals surface area contributed by atoms with E-state index >= 15 is 0 Å². The van der Waals surface area contributed by atoms with Crippen molar-refractivity contribution in [3.05, 3.63) is 89.7 Å². The predicted octanol–water partition coefficient (Wildman–Crippen LogP) is 4.02. The minimum absolute atomic E-state index is 0.115. The van der Waals surface area contributed by atoms with Gasteiger partial charge in [0, 0.05) is 31.1 Å². The van der Waals surface area contributed by atoms with Crippen LogP contribution in [0.1, 0.15) is 25.0 Å².